The third kappa shape index (κ3) is 4.90. The molecular weight excluding hydrogens is 402 g/mol. The van der Waals surface area contributed by atoms with Gasteiger partial charge >= 0.3 is 0 Å². The summed E-state index contributed by atoms with van der Waals surface area (Å²) in [6.45, 7) is 1.52. The van der Waals surface area contributed by atoms with E-state index in [4.69, 9.17) is 16.3 Å². The Bertz CT molecular complexity index is 1150. The van der Waals surface area contributed by atoms with Crippen molar-refractivity contribution in [3.8, 4) is 5.75 Å². The molecule has 0 aliphatic carbocycles. The molecule has 7 nitrogen and oxygen atoms in total. The first-order valence-electron chi connectivity index (χ1n) is 8.27. The van der Waals surface area contributed by atoms with Crippen LogP contribution in [0.4, 0.5) is 11.4 Å². The Balaban J connectivity index is 1.70. The number of rotatable bonds is 6. The second-order valence-corrected chi connectivity index (χ2v) is 8.34. The van der Waals surface area contributed by atoms with Crippen molar-refractivity contribution in [2.24, 2.45) is 0 Å². The number of carbonyl (C=O) groups excluding carboxylic acids is 1. The molecule has 1 amide bonds. The second kappa shape index (κ2) is 8.04. The van der Waals surface area contributed by atoms with E-state index in [9.17, 15) is 13.2 Å². The molecule has 3 rings (SSSR count). The highest BCUT2D eigenvalue weighted by Gasteiger charge is 2.11. The van der Waals surface area contributed by atoms with Gasteiger partial charge in [-0.1, -0.05) is 17.7 Å². The molecule has 2 N–H and O–H groups in total. The Morgan fingerprint density at radius 2 is 2.00 bits per heavy atom. The predicted molar refractivity (Wildman–Crippen MR) is 111 cm³/mol. The second-order valence-electron chi connectivity index (χ2n) is 6.19. The third-order valence-electron chi connectivity index (χ3n) is 3.85. The quantitative estimate of drug-likeness (QED) is 0.636. The molecule has 1 heterocycles. The van der Waals surface area contributed by atoms with Gasteiger partial charge in [0.15, 0.2) is 6.61 Å². The summed E-state index contributed by atoms with van der Waals surface area (Å²) in [4.78, 5) is 16.5. The minimum absolute atomic E-state index is 0.240. The van der Waals surface area contributed by atoms with E-state index < -0.39 is 15.9 Å². The van der Waals surface area contributed by atoms with Crippen LogP contribution in [0.25, 0.3) is 10.9 Å². The molecular formula is C19H18ClN3O4S. The first-order chi connectivity index (χ1) is 13.2. The highest BCUT2D eigenvalue weighted by Crippen LogP contribution is 2.29. The maximum atomic E-state index is 12.2. The van der Waals surface area contributed by atoms with Gasteiger partial charge in [-0.05, 0) is 48.9 Å². The molecule has 0 spiro atoms. The van der Waals surface area contributed by atoms with Gasteiger partial charge in [-0.15, -0.1) is 0 Å². The summed E-state index contributed by atoms with van der Waals surface area (Å²) in [5, 5.41) is 3.96. The first kappa shape index (κ1) is 19.9. The largest absolute Gasteiger partial charge is 0.481 e. The van der Waals surface area contributed by atoms with Crippen LogP contribution in [0.1, 0.15) is 5.56 Å². The molecule has 0 fully saturated rings. The van der Waals surface area contributed by atoms with Crippen molar-refractivity contribution in [1.82, 2.24) is 4.98 Å². The number of aryl methyl sites for hydroxylation is 1. The Labute approximate surface area is 167 Å². The lowest BCUT2D eigenvalue weighted by Crippen LogP contribution is -2.20. The van der Waals surface area contributed by atoms with Crippen LogP contribution in [0, 0.1) is 6.92 Å². The number of fused-ring (bicyclic) bond motifs is 1. The highest BCUT2D eigenvalue weighted by atomic mass is 35.5. The van der Waals surface area contributed by atoms with E-state index in [-0.39, 0.29) is 6.61 Å². The lowest BCUT2D eigenvalue weighted by atomic mass is 10.2. The molecule has 0 saturated carbocycles. The van der Waals surface area contributed by atoms with Crippen molar-refractivity contribution >= 4 is 49.8 Å². The van der Waals surface area contributed by atoms with Crippen LogP contribution in [-0.4, -0.2) is 32.2 Å². The molecule has 1 aromatic heterocycles. The molecule has 0 atom stereocenters. The standard InChI is InChI=1S/C19H18ClN3O4S/c1-12-5-6-13(10-16(12)23-28(2,25)26)22-18(24)11-27-17-8-7-15(20)14-4-3-9-21-19(14)17/h3-10,23H,11H2,1-2H3,(H,22,24). The maximum absolute atomic E-state index is 12.2. The number of pyridine rings is 1. The number of nitrogens with one attached hydrogen (secondary N) is 2. The number of nitrogens with zero attached hydrogens (tertiary/aromatic N) is 1. The van der Waals surface area contributed by atoms with Gasteiger partial charge in [-0.2, -0.15) is 0 Å². The molecule has 146 valence electrons. The first-order valence-corrected chi connectivity index (χ1v) is 10.5. The number of anilines is 2. The van der Waals surface area contributed by atoms with Gasteiger partial charge in [0.2, 0.25) is 10.0 Å². The zero-order chi connectivity index (χ0) is 20.3. The smallest absolute Gasteiger partial charge is 0.262 e. The van der Waals surface area contributed by atoms with Crippen LogP contribution in [-0.2, 0) is 14.8 Å². The molecule has 2 aromatic carbocycles. The van der Waals surface area contributed by atoms with E-state index in [0.29, 0.717) is 27.7 Å². The number of benzene rings is 2. The monoisotopic (exact) mass is 419 g/mol. The summed E-state index contributed by atoms with van der Waals surface area (Å²) in [5.41, 5.74) is 2.15. The van der Waals surface area contributed by atoms with Gasteiger partial charge in [0.05, 0.1) is 17.0 Å². The molecule has 3 aromatic rings. The minimum Gasteiger partial charge on any atom is -0.481 e. The Morgan fingerprint density at radius 3 is 2.75 bits per heavy atom. The minimum atomic E-state index is -3.42. The van der Waals surface area contributed by atoms with Crippen molar-refractivity contribution in [3.05, 3.63) is 59.2 Å². The van der Waals surface area contributed by atoms with Gasteiger partial charge in [-0.3, -0.25) is 14.5 Å². The van der Waals surface area contributed by atoms with E-state index in [1.165, 1.54) is 0 Å². The summed E-state index contributed by atoms with van der Waals surface area (Å²) < 4.78 is 30.9. The molecule has 0 aliphatic rings. The van der Waals surface area contributed by atoms with Crippen molar-refractivity contribution in [2.75, 3.05) is 22.9 Å². The average molecular weight is 420 g/mol. The summed E-state index contributed by atoms with van der Waals surface area (Å²) in [5.74, 6) is 0.0478. The zero-order valence-corrected chi connectivity index (χ0v) is 16.8. The molecule has 0 radical (unpaired) electrons. The molecule has 0 aliphatic heterocycles. The predicted octanol–water partition coefficient (Wildman–Crippen LogP) is 3.59. The Kier molecular flexibility index (Phi) is 5.71. The van der Waals surface area contributed by atoms with Crippen LogP contribution in [0.5, 0.6) is 5.75 Å². The third-order valence-corrected chi connectivity index (χ3v) is 4.78. The Morgan fingerprint density at radius 1 is 1.21 bits per heavy atom. The topological polar surface area (TPSA) is 97.4 Å². The van der Waals surface area contributed by atoms with Crippen molar-refractivity contribution in [1.29, 1.82) is 0 Å². The zero-order valence-electron chi connectivity index (χ0n) is 15.2. The summed E-state index contributed by atoms with van der Waals surface area (Å²) >= 11 is 6.15. The van der Waals surface area contributed by atoms with Crippen LogP contribution >= 0.6 is 11.6 Å². The van der Waals surface area contributed by atoms with Crippen LogP contribution in [0.2, 0.25) is 5.02 Å². The normalized spacial score (nSPS) is 11.2. The van der Waals surface area contributed by atoms with Crippen LogP contribution in [0.15, 0.2) is 48.7 Å². The fourth-order valence-corrected chi connectivity index (χ4v) is 3.41. The lowest BCUT2D eigenvalue weighted by molar-refractivity contribution is -0.118. The van der Waals surface area contributed by atoms with E-state index in [1.807, 2.05) is 6.07 Å². The number of amides is 1. The van der Waals surface area contributed by atoms with E-state index in [2.05, 4.69) is 15.0 Å². The van der Waals surface area contributed by atoms with Gasteiger partial charge in [-0.25, -0.2) is 8.42 Å². The summed E-state index contributed by atoms with van der Waals surface area (Å²) in [6, 6.07) is 11.9. The van der Waals surface area contributed by atoms with E-state index in [1.54, 1.807) is 49.5 Å². The Hall–Kier alpha value is -2.84. The van der Waals surface area contributed by atoms with Crippen molar-refractivity contribution in [2.45, 2.75) is 6.92 Å². The van der Waals surface area contributed by atoms with Crippen molar-refractivity contribution < 1.29 is 17.9 Å². The molecule has 0 saturated heterocycles. The van der Waals surface area contributed by atoms with Crippen LogP contribution < -0.4 is 14.8 Å². The molecule has 9 heteroatoms. The van der Waals surface area contributed by atoms with Gasteiger partial charge in [0.25, 0.3) is 5.91 Å². The number of hydrogen-bond donors (Lipinski definition) is 2. The fourth-order valence-electron chi connectivity index (χ4n) is 2.58. The van der Waals surface area contributed by atoms with Gasteiger partial charge in [0, 0.05) is 17.3 Å². The number of sulfonamides is 1. The maximum Gasteiger partial charge on any atom is 0.262 e. The average Bonchev–Trinajstić information content (AvgIpc) is 2.63. The number of ether oxygens (including phenoxy) is 1. The van der Waals surface area contributed by atoms with E-state index in [0.717, 1.165) is 17.2 Å². The number of carbonyl (C=O) groups is 1. The number of aromatic nitrogens is 1. The molecule has 28 heavy (non-hydrogen) atoms. The number of halogens is 1. The lowest BCUT2D eigenvalue weighted by Gasteiger charge is -2.12. The molecule has 0 bridgehead atoms. The number of hydrogen-bond acceptors (Lipinski definition) is 5. The summed E-state index contributed by atoms with van der Waals surface area (Å²) in [7, 11) is -3.42. The fraction of sp³-hybridized carbons (Fsp3) is 0.158. The summed E-state index contributed by atoms with van der Waals surface area (Å²) in [6.07, 6.45) is 2.68. The molecule has 0 unspecified atom stereocenters. The van der Waals surface area contributed by atoms with Gasteiger partial charge < -0.3 is 10.1 Å². The van der Waals surface area contributed by atoms with Crippen LogP contribution in [0.3, 0.4) is 0 Å². The van der Waals surface area contributed by atoms with Gasteiger partial charge in [0.1, 0.15) is 11.3 Å². The van der Waals surface area contributed by atoms with Crippen molar-refractivity contribution in [3.63, 3.8) is 0 Å². The SMILES string of the molecule is Cc1ccc(NC(=O)COc2ccc(Cl)c3cccnc23)cc1NS(C)(=O)=O. The highest BCUT2D eigenvalue weighted by molar-refractivity contribution is 7.92. The van der Waals surface area contributed by atoms with E-state index >= 15 is 0 Å².